The first-order valence-corrected chi connectivity index (χ1v) is 10.1. The Hall–Kier alpha value is -2.76. The van der Waals surface area contributed by atoms with E-state index in [-0.39, 0.29) is 18.0 Å². The molecule has 4 rings (SSSR count). The Balaban J connectivity index is 1.48. The summed E-state index contributed by atoms with van der Waals surface area (Å²) < 4.78 is 19.1. The Bertz CT molecular complexity index is 885. The van der Waals surface area contributed by atoms with Crippen LogP contribution in [-0.4, -0.2) is 35.7 Å². The third-order valence-electron chi connectivity index (χ3n) is 5.66. The maximum absolute atomic E-state index is 13.4. The van der Waals surface area contributed by atoms with E-state index in [0.29, 0.717) is 24.1 Å². The molecule has 2 aliphatic rings. The fraction of sp³-hybridized carbons (Fsp3) is 0.435. The first kappa shape index (κ1) is 19.6. The van der Waals surface area contributed by atoms with Gasteiger partial charge in [-0.3, -0.25) is 0 Å². The van der Waals surface area contributed by atoms with Crippen molar-refractivity contribution in [3.63, 3.8) is 0 Å². The molecule has 0 aromatic heterocycles. The van der Waals surface area contributed by atoms with Gasteiger partial charge in [0.2, 0.25) is 0 Å². The minimum atomic E-state index is -0.537. The van der Waals surface area contributed by atoms with Crippen molar-refractivity contribution in [2.24, 2.45) is 11.8 Å². The summed E-state index contributed by atoms with van der Waals surface area (Å²) in [6.45, 7) is 7.81. The van der Waals surface area contributed by atoms with Gasteiger partial charge in [-0.1, -0.05) is 30.3 Å². The highest BCUT2D eigenvalue weighted by Crippen LogP contribution is 2.51. The van der Waals surface area contributed by atoms with Crippen molar-refractivity contribution in [3.8, 4) is 0 Å². The Kier molecular flexibility index (Phi) is 4.89. The molecule has 5 nitrogen and oxygen atoms in total. The quantitative estimate of drug-likeness (QED) is 0.783. The van der Waals surface area contributed by atoms with Crippen LogP contribution in [0.25, 0.3) is 0 Å². The van der Waals surface area contributed by atoms with Gasteiger partial charge in [0.1, 0.15) is 11.4 Å². The second kappa shape index (κ2) is 7.25. The van der Waals surface area contributed by atoms with Crippen LogP contribution in [0.3, 0.4) is 0 Å². The molecule has 1 saturated carbocycles. The number of nitrogens with zero attached hydrogens (tertiary/aromatic N) is 2. The number of nitrogen functional groups attached to an aromatic ring is 1. The Morgan fingerprint density at radius 2 is 1.83 bits per heavy atom. The summed E-state index contributed by atoms with van der Waals surface area (Å²) in [6, 6.07) is 14.7. The molecule has 0 spiro atoms. The van der Waals surface area contributed by atoms with Crippen molar-refractivity contribution in [3.05, 3.63) is 59.9 Å². The zero-order valence-corrected chi connectivity index (χ0v) is 17.1. The molecule has 0 bridgehead atoms. The standard InChI is InChI=1S/C23H28FN3O2/c1-23(2,3)29-22(28)27(12-15-7-5-4-6-8-15)21-17-13-26(14-18(17)21)20-10-9-16(24)11-19(20)25/h4-11,17-18,21H,12-14,25H2,1-3H3/t17-,18?,21?/m0/s1. The van der Waals surface area contributed by atoms with E-state index in [9.17, 15) is 9.18 Å². The predicted octanol–water partition coefficient (Wildman–Crippen LogP) is 4.28. The smallest absolute Gasteiger partial charge is 0.410 e. The molecule has 154 valence electrons. The van der Waals surface area contributed by atoms with Crippen LogP contribution in [0, 0.1) is 17.7 Å². The predicted molar refractivity (Wildman–Crippen MR) is 112 cm³/mol. The van der Waals surface area contributed by atoms with E-state index >= 15 is 0 Å². The van der Waals surface area contributed by atoms with Crippen molar-refractivity contribution >= 4 is 17.5 Å². The molecule has 2 N–H and O–H groups in total. The maximum Gasteiger partial charge on any atom is 0.410 e. The van der Waals surface area contributed by atoms with Crippen LogP contribution >= 0.6 is 0 Å². The summed E-state index contributed by atoms with van der Waals surface area (Å²) in [5.74, 6) is 0.416. The SMILES string of the molecule is CC(C)(C)OC(=O)N(Cc1ccccc1)C1C2CN(c3ccc(F)cc3N)C[C@@H]21. The third kappa shape index (κ3) is 4.16. The Labute approximate surface area is 171 Å². The lowest BCUT2D eigenvalue weighted by Gasteiger charge is -2.31. The molecule has 6 heteroatoms. The van der Waals surface area contributed by atoms with Crippen molar-refractivity contribution in [1.82, 2.24) is 4.90 Å². The highest BCUT2D eigenvalue weighted by Gasteiger charge is 2.60. The number of rotatable bonds is 4. The summed E-state index contributed by atoms with van der Waals surface area (Å²) in [6.07, 6.45) is -0.270. The number of ether oxygens (including phenoxy) is 1. The van der Waals surface area contributed by atoms with Crippen molar-refractivity contribution in [2.75, 3.05) is 23.7 Å². The minimum Gasteiger partial charge on any atom is -0.444 e. The van der Waals surface area contributed by atoms with Gasteiger partial charge in [0.15, 0.2) is 0 Å². The topological polar surface area (TPSA) is 58.8 Å². The lowest BCUT2D eigenvalue weighted by molar-refractivity contribution is 0.0195. The molecule has 2 fully saturated rings. The van der Waals surface area contributed by atoms with Gasteiger partial charge in [-0.2, -0.15) is 0 Å². The molecule has 1 saturated heterocycles. The zero-order chi connectivity index (χ0) is 20.8. The van der Waals surface area contributed by atoms with Crippen LogP contribution in [0.1, 0.15) is 26.3 Å². The Morgan fingerprint density at radius 3 is 2.41 bits per heavy atom. The van der Waals surface area contributed by atoms with Crippen LogP contribution in [0.4, 0.5) is 20.6 Å². The molecule has 29 heavy (non-hydrogen) atoms. The van der Waals surface area contributed by atoms with E-state index in [1.54, 1.807) is 6.07 Å². The molecule has 1 amide bonds. The number of carbonyl (C=O) groups is 1. The number of hydrogen-bond acceptors (Lipinski definition) is 4. The monoisotopic (exact) mass is 397 g/mol. The number of anilines is 2. The second-order valence-electron chi connectivity index (χ2n) is 9.02. The van der Waals surface area contributed by atoms with Gasteiger partial charge in [-0.25, -0.2) is 9.18 Å². The fourth-order valence-corrected chi connectivity index (χ4v) is 4.36. The number of benzene rings is 2. The fourth-order valence-electron chi connectivity index (χ4n) is 4.36. The number of fused-ring (bicyclic) bond motifs is 1. The molecule has 2 aromatic rings. The number of halogens is 1. The normalized spacial score (nSPS) is 22.9. The molecule has 0 radical (unpaired) electrons. The third-order valence-corrected chi connectivity index (χ3v) is 5.66. The summed E-state index contributed by atoms with van der Waals surface area (Å²) in [4.78, 5) is 17.0. The van der Waals surface area contributed by atoms with Gasteiger partial charge in [0, 0.05) is 37.5 Å². The summed E-state index contributed by atoms with van der Waals surface area (Å²) in [7, 11) is 0. The average molecular weight is 397 g/mol. The highest BCUT2D eigenvalue weighted by molar-refractivity contribution is 5.71. The van der Waals surface area contributed by atoms with Gasteiger partial charge < -0.3 is 20.3 Å². The number of piperidine rings is 1. The molecular formula is C23H28FN3O2. The molecule has 2 unspecified atom stereocenters. The van der Waals surface area contributed by atoms with Crippen LogP contribution in [0.15, 0.2) is 48.5 Å². The minimum absolute atomic E-state index is 0.156. The molecule has 1 aliphatic carbocycles. The van der Waals surface area contributed by atoms with E-state index in [1.807, 2.05) is 56.0 Å². The lowest BCUT2D eigenvalue weighted by Crippen LogP contribution is -2.41. The summed E-state index contributed by atoms with van der Waals surface area (Å²) in [5, 5.41) is 0. The number of hydrogen-bond donors (Lipinski definition) is 1. The van der Waals surface area contributed by atoms with Crippen LogP contribution in [0.2, 0.25) is 0 Å². The largest absolute Gasteiger partial charge is 0.444 e. The van der Waals surface area contributed by atoms with Crippen molar-refractivity contribution in [2.45, 2.75) is 39.0 Å². The summed E-state index contributed by atoms with van der Waals surface area (Å²) in [5.41, 5.74) is 7.88. The number of nitrogens with two attached hydrogens (primary N) is 1. The van der Waals surface area contributed by atoms with Gasteiger partial charge in [-0.05, 0) is 44.5 Å². The van der Waals surface area contributed by atoms with Crippen LogP contribution in [-0.2, 0) is 11.3 Å². The Morgan fingerprint density at radius 1 is 1.17 bits per heavy atom. The molecule has 3 atom stereocenters. The highest BCUT2D eigenvalue weighted by atomic mass is 19.1. The van der Waals surface area contributed by atoms with E-state index in [2.05, 4.69) is 4.90 Å². The average Bonchev–Trinajstić information content (AvgIpc) is 3.11. The van der Waals surface area contributed by atoms with Gasteiger partial charge in [0.05, 0.1) is 11.4 Å². The van der Waals surface area contributed by atoms with Crippen LogP contribution in [0.5, 0.6) is 0 Å². The number of amides is 1. The first-order chi connectivity index (χ1) is 13.7. The maximum atomic E-state index is 13.4. The first-order valence-electron chi connectivity index (χ1n) is 10.1. The van der Waals surface area contributed by atoms with E-state index in [1.165, 1.54) is 12.1 Å². The van der Waals surface area contributed by atoms with Crippen molar-refractivity contribution < 1.29 is 13.9 Å². The van der Waals surface area contributed by atoms with E-state index < -0.39 is 5.60 Å². The van der Waals surface area contributed by atoms with Gasteiger partial charge in [0.25, 0.3) is 0 Å². The molecular weight excluding hydrogens is 369 g/mol. The molecule has 1 aliphatic heterocycles. The van der Waals surface area contributed by atoms with E-state index in [0.717, 1.165) is 24.3 Å². The summed E-state index contributed by atoms with van der Waals surface area (Å²) >= 11 is 0. The van der Waals surface area contributed by atoms with Crippen LogP contribution < -0.4 is 10.6 Å². The molecule has 1 heterocycles. The number of carbonyl (C=O) groups excluding carboxylic acids is 1. The second-order valence-corrected chi connectivity index (χ2v) is 9.02. The molecule has 2 aromatic carbocycles. The van der Waals surface area contributed by atoms with Crippen molar-refractivity contribution in [1.29, 1.82) is 0 Å². The van der Waals surface area contributed by atoms with Gasteiger partial charge >= 0.3 is 6.09 Å². The van der Waals surface area contributed by atoms with Gasteiger partial charge in [-0.15, -0.1) is 0 Å². The van der Waals surface area contributed by atoms with E-state index in [4.69, 9.17) is 10.5 Å². The zero-order valence-electron chi connectivity index (χ0n) is 17.1. The lowest BCUT2D eigenvalue weighted by atomic mass is 10.2.